The second kappa shape index (κ2) is 6.17. The van der Waals surface area contributed by atoms with Gasteiger partial charge in [0.15, 0.2) is 0 Å². The molecule has 0 radical (unpaired) electrons. The van der Waals surface area contributed by atoms with E-state index >= 15 is 0 Å². The van der Waals surface area contributed by atoms with Crippen LogP contribution in [0.3, 0.4) is 0 Å². The van der Waals surface area contributed by atoms with Crippen LogP contribution < -0.4 is 10.2 Å². The van der Waals surface area contributed by atoms with Gasteiger partial charge in [-0.2, -0.15) is 10.5 Å². The van der Waals surface area contributed by atoms with Crippen LogP contribution in [0.15, 0.2) is 36.7 Å². The minimum Gasteiger partial charge on any atom is -0.346 e. The summed E-state index contributed by atoms with van der Waals surface area (Å²) in [5, 5.41) is 20.6. The maximum absolute atomic E-state index is 8.86. The Bertz CT molecular complexity index is 683. The van der Waals surface area contributed by atoms with E-state index in [4.69, 9.17) is 10.5 Å². The fourth-order valence-corrected chi connectivity index (χ4v) is 1.63. The van der Waals surface area contributed by atoms with Crippen molar-refractivity contribution < 1.29 is 0 Å². The molecule has 2 aromatic rings. The second-order valence-electron chi connectivity index (χ2n) is 4.09. The number of hydrogen-bond acceptors (Lipinski definition) is 6. The van der Waals surface area contributed by atoms with Crippen LogP contribution >= 0.6 is 0 Å². The highest BCUT2D eigenvalue weighted by molar-refractivity contribution is 5.60. The molecule has 6 heteroatoms. The lowest BCUT2D eigenvalue weighted by Gasteiger charge is -2.14. The summed E-state index contributed by atoms with van der Waals surface area (Å²) in [7, 11) is 1.78. The normalized spacial score (nSPS) is 9.35. The highest BCUT2D eigenvalue weighted by atomic mass is 15.2. The molecule has 0 aliphatic heterocycles. The quantitative estimate of drug-likeness (QED) is 0.850. The SMILES string of the molecule is CN(CC#N)c1cc(Nc2cccc(C#N)c2)ncn1. The molecule has 1 N–H and O–H groups in total. The minimum atomic E-state index is 0.250. The monoisotopic (exact) mass is 264 g/mol. The van der Waals surface area contributed by atoms with Crippen molar-refractivity contribution in [3.63, 3.8) is 0 Å². The Morgan fingerprint density at radius 2 is 2.10 bits per heavy atom. The Morgan fingerprint density at radius 3 is 2.85 bits per heavy atom. The van der Waals surface area contributed by atoms with Crippen LogP contribution in [0.5, 0.6) is 0 Å². The highest BCUT2D eigenvalue weighted by Gasteiger charge is 2.04. The second-order valence-corrected chi connectivity index (χ2v) is 4.09. The third kappa shape index (κ3) is 3.21. The summed E-state index contributed by atoms with van der Waals surface area (Å²) in [5.74, 6) is 1.26. The molecule has 0 aliphatic rings. The van der Waals surface area contributed by atoms with Crippen LogP contribution in [0.1, 0.15) is 5.56 Å². The number of benzene rings is 1. The van der Waals surface area contributed by atoms with Crippen molar-refractivity contribution >= 4 is 17.3 Å². The molecule has 0 saturated carbocycles. The lowest BCUT2D eigenvalue weighted by Crippen LogP contribution is -2.18. The Labute approximate surface area is 116 Å². The Kier molecular flexibility index (Phi) is 4.10. The lowest BCUT2D eigenvalue weighted by atomic mass is 10.2. The van der Waals surface area contributed by atoms with Gasteiger partial charge >= 0.3 is 0 Å². The minimum absolute atomic E-state index is 0.250. The van der Waals surface area contributed by atoms with E-state index in [0.29, 0.717) is 17.2 Å². The number of nitrogens with one attached hydrogen (secondary N) is 1. The molecule has 20 heavy (non-hydrogen) atoms. The molecular formula is C14H12N6. The van der Waals surface area contributed by atoms with Crippen LogP contribution in [-0.4, -0.2) is 23.6 Å². The summed E-state index contributed by atoms with van der Waals surface area (Å²) in [6, 6.07) is 13.0. The molecule has 0 saturated heterocycles. The molecule has 1 aromatic heterocycles. The summed E-state index contributed by atoms with van der Waals surface area (Å²) in [6.07, 6.45) is 1.43. The zero-order chi connectivity index (χ0) is 14.4. The number of hydrogen-bond donors (Lipinski definition) is 1. The highest BCUT2D eigenvalue weighted by Crippen LogP contribution is 2.18. The van der Waals surface area contributed by atoms with E-state index in [1.54, 1.807) is 36.2 Å². The number of nitrogens with zero attached hydrogens (tertiary/aromatic N) is 5. The number of aromatic nitrogens is 2. The fourth-order valence-electron chi connectivity index (χ4n) is 1.63. The summed E-state index contributed by atoms with van der Waals surface area (Å²) < 4.78 is 0. The third-order valence-corrected chi connectivity index (χ3v) is 2.62. The van der Waals surface area contributed by atoms with Crippen molar-refractivity contribution in [3.8, 4) is 12.1 Å². The first-order valence-electron chi connectivity index (χ1n) is 5.90. The summed E-state index contributed by atoms with van der Waals surface area (Å²) >= 11 is 0. The molecule has 6 nitrogen and oxygen atoms in total. The summed E-state index contributed by atoms with van der Waals surface area (Å²) in [6.45, 7) is 0.250. The van der Waals surface area contributed by atoms with E-state index in [1.165, 1.54) is 6.33 Å². The molecule has 2 rings (SSSR count). The van der Waals surface area contributed by atoms with Crippen LogP contribution in [-0.2, 0) is 0 Å². The van der Waals surface area contributed by atoms with Crippen LogP contribution in [0.4, 0.5) is 17.3 Å². The molecule has 0 unspecified atom stereocenters. The van der Waals surface area contributed by atoms with E-state index in [9.17, 15) is 0 Å². The molecule has 0 aliphatic carbocycles. The maximum Gasteiger partial charge on any atom is 0.135 e. The molecule has 1 aromatic carbocycles. The van der Waals surface area contributed by atoms with Crippen molar-refractivity contribution in [3.05, 3.63) is 42.2 Å². The molecule has 98 valence electrons. The molecule has 0 bridgehead atoms. The Hall–Kier alpha value is -3.12. The van der Waals surface area contributed by atoms with Crippen molar-refractivity contribution in [2.24, 2.45) is 0 Å². The van der Waals surface area contributed by atoms with Crippen molar-refractivity contribution in [1.82, 2.24) is 9.97 Å². The number of rotatable bonds is 4. The van der Waals surface area contributed by atoms with Gasteiger partial charge in [0.2, 0.25) is 0 Å². The first-order valence-corrected chi connectivity index (χ1v) is 5.90. The van der Waals surface area contributed by atoms with Crippen molar-refractivity contribution in [1.29, 1.82) is 10.5 Å². The fraction of sp³-hybridized carbons (Fsp3) is 0.143. The Morgan fingerprint density at radius 1 is 1.25 bits per heavy atom. The van der Waals surface area contributed by atoms with E-state index < -0.39 is 0 Å². The van der Waals surface area contributed by atoms with Gasteiger partial charge in [0.1, 0.15) is 24.5 Å². The predicted octanol–water partition coefficient (Wildman–Crippen LogP) is 2.05. The zero-order valence-electron chi connectivity index (χ0n) is 10.9. The first kappa shape index (κ1) is 13.3. The van der Waals surface area contributed by atoms with Gasteiger partial charge in [-0.1, -0.05) is 6.07 Å². The van der Waals surface area contributed by atoms with Gasteiger partial charge in [-0.3, -0.25) is 0 Å². The maximum atomic E-state index is 8.86. The van der Waals surface area contributed by atoms with Gasteiger partial charge in [-0.15, -0.1) is 0 Å². The topological polar surface area (TPSA) is 88.6 Å². The molecule has 0 spiro atoms. The van der Waals surface area contributed by atoms with Crippen LogP contribution in [0.2, 0.25) is 0 Å². The Balaban J connectivity index is 2.20. The smallest absolute Gasteiger partial charge is 0.135 e. The van der Waals surface area contributed by atoms with Gasteiger partial charge < -0.3 is 10.2 Å². The number of nitriles is 2. The largest absolute Gasteiger partial charge is 0.346 e. The van der Waals surface area contributed by atoms with Crippen molar-refractivity contribution in [2.75, 3.05) is 23.8 Å². The van der Waals surface area contributed by atoms with Gasteiger partial charge in [0.05, 0.1) is 17.7 Å². The first-order chi connectivity index (χ1) is 9.72. The molecule has 0 fully saturated rings. The third-order valence-electron chi connectivity index (χ3n) is 2.62. The molecule has 1 heterocycles. The standard InChI is InChI=1S/C14H12N6/c1-20(6-5-15)14-8-13(17-10-18-14)19-12-4-2-3-11(7-12)9-16/h2-4,7-8,10H,6H2,1H3,(H,17,18,19). The predicted molar refractivity (Wildman–Crippen MR) is 75.4 cm³/mol. The van der Waals surface area contributed by atoms with Gasteiger partial charge in [0.25, 0.3) is 0 Å². The summed E-state index contributed by atoms with van der Waals surface area (Å²) in [5.41, 5.74) is 1.35. The van der Waals surface area contributed by atoms with Crippen LogP contribution in [0, 0.1) is 22.7 Å². The molecular weight excluding hydrogens is 252 g/mol. The van der Waals surface area contributed by atoms with E-state index in [2.05, 4.69) is 27.4 Å². The van der Waals surface area contributed by atoms with E-state index in [0.717, 1.165) is 5.69 Å². The zero-order valence-corrected chi connectivity index (χ0v) is 10.9. The van der Waals surface area contributed by atoms with Crippen molar-refractivity contribution in [2.45, 2.75) is 0 Å². The van der Waals surface area contributed by atoms with Crippen LogP contribution in [0.25, 0.3) is 0 Å². The van der Waals surface area contributed by atoms with Gasteiger partial charge in [-0.05, 0) is 18.2 Å². The van der Waals surface area contributed by atoms with E-state index in [-0.39, 0.29) is 6.54 Å². The molecule has 0 amide bonds. The van der Waals surface area contributed by atoms with Gasteiger partial charge in [0, 0.05) is 18.8 Å². The molecule has 0 atom stereocenters. The lowest BCUT2D eigenvalue weighted by molar-refractivity contribution is 0.981. The average Bonchev–Trinajstić information content (AvgIpc) is 2.48. The van der Waals surface area contributed by atoms with E-state index in [1.807, 2.05) is 6.07 Å². The summed E-state index contributed by atoms with van der Waals surface area (Å²) in [4.78, 5) is 9.94. The van der Waals surface area contributed by atoms with Gasteiger partial charge in [-0.25, -0.2) is 9.97 Å². The number of anilines is 3. The average molecular weight is 264 g/mol.